The molecule has 1 heterocycles. The normalized spacial score (nSPS) is 25.3. The molecule has 0 aromatic heterocycles. The van der Waals surface area contributed by atoms with Crippen LogP contribution in [-0.4, -0.2) is 112 Å². The third kappa shape index (κ3) is 7.52. The number of benzene rings is 2. The second-order valence-corrected chi connectivity index (χ2v) is 14.3. The minimum atomic E-state index is -2.32. The van der Waals surface area contributed by atoms with Gasteiger partial charge in [-0.3, -0.25) is 24.0 Å². The SMILES string of the molecule is COc1cccc2c1C(=O)c1c(O)c3c(c(O)c1C2=O)C[C@@](O)(C(=O)CO)C[C@@H]3OC1CC(NCCC(C)(C)C(OC(C)=O)OC(C)=O)C(O)C(C)O1. The first-order chi connectivity index (χ1) is 24.8. The van der Waals surface area contributed by atoms with E-state index < -0.39 is 119 Å². The summed E-state index contributed by atoms with van der Waals surface area (Å²) in [4.78, 5) is 63.9. The number of aliphatic hydroxyl groups excluding tert-OH is 2. The Kier molecular flexibility index (Phi) is 11.3. The third-order valence-corrected chi connectivity index (χ3v) is 10.1. The molecule has 0 radical (unpaired) electrons. The predicted octanol–water partition coefficient (Wildman–Crippen LogP) is 1.50. The summed E-state index contributed by atoms with van der Waals surface area (Å²) < 4.78 is 28.0. The van der Waals surface area contributed by atoms with Crippen LogP contribution in [0.4, 0.5) is 0 Å². The first-order valence-electron chi connectivity index (χ1n) is 17.2. The molecule has 6 atom stereocenters. The Bertz CT molecular complexity index is 1810. The van der Waals surface area contributed by atoms with Crippen LogP contribution >= 0.6 is 0 Å². The zero-order valence-corrected chi connectivity index (χ0v) is 30.3. The number of phenolic OH excluding ortho intramolecular Hbond substituents is 2. The summed E-state index contributed by atoms with van der Waals surface area (Å²) in [6.45, 7) is 6.63. The number of phenols is 2. The van der Waals surface area contributed by atoms with Crippen molar-refractivity contribution in [1.29, 1.82) is 0 Å². The molecule has 1 saturated heterocycles. The van der Waals surface area contributed by atoms with E-state index in [1.165, 1.54) is 39.2 Å². The van der Waals surface area contributed by atoms with E-state index in [1.54, 1.807) is 20.8 Å². The lowest BCUT2D eigenvalue weighted by molar-refractivity contribution is -0.250. The van der Waals surface area contributed by atoms with Gasteiger partial charge in [0.25, 0.3) is 6.29 Å². The second kappa shape index (κ2) is 15.1. The highest BCUT2D eigenvalue weighted by atomic mass is 16.7. The number of fused-ring (bicyclic) bond motifs is 3. The van der Waals surface area contributed by atoms with Crippen molar-refractivity contribution in [2.75, 3.05) is 20.3 Å². The van der Waals surface area contributed by atoms with E-state index >= 15 is 0 Å². The van der Waals surface area contributed by atoms with Crippen LogP contribution in [0.5, 0.6) is 17.2 Å². The average Bonchev–Trinajstić information content (AvgIpc) is 3.09. The van der Waals surface area contributed by atoms with Gasteiger partial charge in [0, 0.05) is 61.3 Å². The number of ether oxygens (including phenoxy) is 5. The number of Topliss-reactive ketones (excluding diaryl/α,β-unsaturated/α-hetero) is 1. The number of rotatable bonds is 12. The maximum absolute atomic E-state index is 13.9. The molecule has 2 aromatic rings. The fourth-order valence-corrected chi connectivity index (χ4v) is 7.26. The molecule has 2 aliphatic carbocycles. The molecule has 0 spiro atoms. The minimum absolute atomic E-state index is 0.0128. The third-order valence-electron chi connectivity index (χ3n) is 10.1. The van der Waals surface area contributed by atoms with Gasteiger partial charge in [-0.15, -0.1) is 0 Å². The summed E-state index contributed by atoms with van der Waals surface area (Å²) >= 11 is 0. The monoisotopic (exact) mass is 743 g/mol. The average molecular weight is 744 g/mol. The number of hydrogen-bond acceptors (Lipinski definition) is 16. The van der Waals surface area contributed by atoms with Crippen LogP contribution in [0, 0.1) is 5.41 Å². The van der Waals surface area contributed by atoms with E-state index in [-0.39, 0.29) is 41.0 Å². The number of aliphatic hydroxyl groups is 3. The molecule has 53 heavy (non-hydrogen) atoms. The fraction of sp³-hybridized carbons (Fsp3) is 0.541. The smallest absolute Gasteiger partial charge is 0.305 e. The van der Waals surface area contributed by atoms with Crippen LogP contribution < -0.4 is 10.1 Å². The molecule has 0 saturated carbocycles. The summed E-state index contributed by atoms with van der Waals surface area (Å²) in [7, 11) is 1.31. The van der Waals surface area contributed by atoms with Crippen LogP contribution in [0.3, 0.4) is 0 Å². The zero-order valence-electron chi connectivity index (χ0n) is 30.3. The Morgan fingerprint density at radius 1 is 1.04 bits per heavy atom. The number of aromatic hydroxyl groups is 2. The predicted molar refractivity (Wildman–Crippen MR) is 181 cm³/mol. The molecular weight excluding hydrogens is 698 g/mol. The fourth-order valence-electron chi connectivity index (χ4n) is 7.26. The molecule has 2 aromatic carbocycles. The van der Waals surface area contributed by atoms with Crippen molar-refractivity contribution >= 4 is 29.3 Å². The van der Waals surface area contributed by atoms with Crippen LogP contribution in [0.1, 0.15) is 103 Å². The second-order valence-electron chi connectivity index (χ2n) is 14.3. The minimum Gasteiger partial charge on any atom is -0.507 e. The zero-order chi connectivity index (χ0) is 39.2. The molecule has 16 heteroatoms. The van der Waals surface area contributed by atoms with Crippen molar-refractivity contribution in [1.82, 2.24) is 5.32 Å². The van der Waals surface area contributed by atoms with Crippen LogP contribution in [-0.2, 0) is 39.8 Å². The van der Waals surface area contributed by atoms with Crippen LogP contribution in [0.25, 0.3) is 0 Å². The molecule has 6 N–H and O–H groups in total. The van der Waals surface area contributed by atoms with Gasteiger partial charge in [0.15, 0.2) is 17.9 Å². The van der Waals surface area contributed by atoms with Gasteiger partial charge in [0.1, 0.15) is 29.5 Å². The van der Waals surface area contributed by atoms with Gasteiger partial charge in [-0.05, 0) is 26.0 Å². The summed E-state index contributed by atoms with van der Waals surface area (Å²) in [5.41, 5.74) is -4.79. The molecule has 0 bridgehead atoms. The highest BCUT2D eigenvalue weighted by Crippen LogP contribution is 2.52. The standard InChI is InChI=1S/C37H45NO15/c1-16-30(43)21(38-11-10-36(4,5)35(51-17(2)40)52-18(3)41)12-25(50-16)53-23-14-37(48,24(42)15-39)13-20-27(23)34(47)29-28(32(20)45)31(44)19-8-7-9-22(49-6)26(19)33(29)46/h7-9,16,21,23,25,30,35,38-39,43,45,47-48H,10-15H2,1-6H3/t16?,21?,23-,25?,30?,37-/m0/s1. The van der Waals surface area contributed by atoms with Crippen molar-refractivity contribution in [3.63, 3.8) is 0 Å². The number of ketones is 3. The number of carbonyl (C=O) groups excluding carboxylic acids is 5. The van der Waals surface area contributed by atoms with Crippen molar-refractivity contribution in [2.45, 2.75) is 103 Å². The maximum Gasteiger partial charge on any atom is 0.305 e. The van der Waals surface area contributed by atoms with E-state index in [1.807, 2.05) is 0 Å². The van der Waals surface area contributed by atoms with Gasteiger partial charge in [0.05, 0.1) is 42.1 Å². The van der Waals surface area contributed by atoms with E-state index in [2.05, 4.69) is 5.32 Å². The molecule has 3 aliphatic rings. The van der Waals surface area contributed by atoms with Gasteiger partial charge in [-0.2, -0.15) is 0 Å². The highest BCUT2D eigenvalue weighted by molar-refractivity contribution is 6.31. The Morgan fingerprint density at radius 3 is 2.28 bits per heavy atom. The molecule has 1 aliphatic heterocycles. The van der Waals surface area contributed by atoms with Gasteiger partial charge < -0.3 is 54.5 Å². The van der Waals surface area contributed by atoms with E-state index in [4.69, 9.17) is 23.7 Å². The molecular formula is C37H45NO15. The van der Waals surface area contributed by atoms with E-state index in [0.717, 1.165) is 0 Å². The van der Waals surface area contributed by atoms with Crippen molar-refractivity contribution in [3.05, 3.63) is 51.6 Å². The Labute approximate surface area is 304 Å². The lowest BCUT2D eigenvalue weighted by atomic mass is 9.72. The lowest BCUT2D eigenvalue weighted by Crippen LogP contribution is -2.55. The van der Waals surface area contributed by atoms with Crippen molar-refractivity contribution in [3.8, 4) is 17.2 Å². The Morgan fingerprint density at radius 2 is 1.68 bits per heavy atom. The first kappa shape index (κ1) is 39.8. The number of esters is 2. The van der Waals surface area contributed by atoms with Gasteiger partial charge in [-0.1, -0.05) is 26.0 Å². The number of nitrogens with one attached hydrogen (secondary N) is 1. The van der Waals surface area contributed by atoms with E-state index in [9.17, 15) is 49.5 Å². The summed E-state index contributed by atoms with van der Waals surface area (Å²) in [5.74, 6) is -5.27. The first-order valence-corrected chi connectivity index (χ1v) is 17.2. The topological polar surface area (TPSA) is 245 Å². The molecule has 5 rings (SSSR count). The molecule has 16 nitrogen and oxygen atoms in total. The summed E-state index contributed by atoms with van der Waals surface area (Å²) in [5, 5.41) is 58.9. The van der Waals surface area contributed by atoms with Crippen LogP contribution in [0.15, 0.2) is 18.2 Å². The molecule has 4 unspecified atom stereocenters. The molecule has 0 amide bonds. The van der Waals surface area contributed by atoms with Crippen molar-refractivity contribution in [2.24, 2.45) is 5.41 Å². The largest absolute Gasteiger partial charge is 0.507 e. The summed E-state index contributed by atoms with van der Waals surface area (Å²) in [6.07, 6.45) is -6.50. The van der Waals surface area contributed by atoms with Crippen LogP contribution in [0.2, 0.25) is 0 Å². The quantitative estimate of drug-likeness (QED) is 0.0874. The van der Waals surface area contributed by atoms with Gasteiger partial charge >= 0.3 is 11.9 Å². The van der Waals surface area contributed by atoms with Gasteiger partial charge in [0.2, 0.25) is 5.78 Å². The Balaban J connectivity index is 1.46. The van der Waals surface area contributed by atoms with Gasteiger partial charge in [-0.25, -0.2) is 0 Å². The highest BCUT2D eigenvalue weighted by Gasteiger charge is 2.50. The number of methoxy groups -OCH3 is 1. The molecule has 288 valence electrons. The lowest BCUT2D eigenvalue weighted by Gasteiger charge is -2.43. The maximum atomic E-state index is 13.9. The summed E-state index contributed by atoms with van der Waals surface area (Å²) in [6, 6.07) is 3.65. The van der Waals surface area contributed by atoms with E-state index in [0.29, 0.717) is 6.42 Å². The van der Waals surface area contributed by atoms with Crippen molar-refractivity contribution < 1.29 is 73.2 Å². The number of carbonyl (C=O) groups is 5. The number of hydrogen-bond donors (Lipinski definition) is 6. The Hall–Kier alpha value is -4.45. The molecule has 1 fully saturated rings.